The van der Waals surface area contributed by atoms with Crippen molar-refractivity contribution in [3.63, 3.8) is 0 Å². The van der Waals surface area contributed by atoms with Crippen molar-refractivity contribution in [1.82, 2.24) is 14.7 Å². The van der Waals surface area contributed by atoms with Crippen molar-refractivity contribution in [3.8, 4) is 17.0 Å². The largest absolute Gasteiger partial charge is 0.477 e. The third-order valence-electron chi connectivity index (χ3n) is 4.46. The zero-order valence-corrected chi connectivity index (χ0v) is 13.8. The molecule has 1 aromatic heterocycles. The van der Waals surface area contributed by atoms with Crippen molar-refractivity contribution in [3.05, 3.63) is 34.5 Å². The number of amides is 1. The summed E-state index contributed by atoms with van der Waals surface area (Å²) in [4.78, 5) is 14.6. The third-order valence-corrected chi connectivity index (χ3v) is 4.70. The Balaban J connectivity index is 1.88. The fourth-order valence-corrected chi connectivity index (χ4v) is 3.32. The van der Waals surface area contributed by atoms with Gasteiger partial charge < -0.3 is 9.64 Å². The Bertz CT molecular complexity index is 780. The van der Waals surface area contributed by atoms with Gasteiger partial charge in [-0.1, -0.05) is 17.7 Å². The number of halogens is 1. The number of aromatic nitrogens is 2. The second-order valence-electron chi connectivity index (χ2n) is 6.06. The van der Waals surface area contributed by atoms with Gasteiger partial charge in [-0.2, -0.15) is 5.10 Å². The van der Waals surface area contributed by atoms with Crippen LogP contribution >= 0.6 is 11.6 Å². The molecule has 0 N–H and O–H groups in total. The van der Waals surface area contributed by atoms with Gasteiger partial charge in [-0.25, -0.2) is 4.68 Å². The Morgan fingerprint density at radius 1 is 1.26 bits per heavy atom. The molecule has 0 saturated carbocycles. The van der Waals surface area contributed by atoms with Gasteiger partial charge in [0.15, 0.2) is 5.69 Å². The van der Waals surface area contributed by atoms with Crippen LogP contribution in [0.5, 0.6) is 5.88 Å². The van der Waals surface area contributed by atoms with Crippen LogP contribution in [0.3, 0.4) is 0 Å². The first-order valence-corrected chi connectivity index (χ1v) is 8.32. The van der Waals surface area contributed by atoms with E-state index in [1.165, 1.54) is 0 Å². The van der Waals surface area contributed by atoms with Gasteiger partial charge in [0, 0.05) is 31.1 Å². The number of likely N-dealkylation sites (tertiary alicyclic amines) is 1. The van der Waals surface area contributed by atoms with Crippen LogP contribution in [0.15, 0.2) is 18.2 Å². The fraction of sp³-hybridized carbons (Fsp3) is 0.412. The fourth-order valence-electron chi connectivity index (χ4n) is 3.10. The summed E-state index contributed by atoms with van der Waals surface area (Å²) >= 11 is 6.08. The molecule has 1 amide bonds. The van der Waals surface area contributed by atoms with E-state index in [1.807, 2.05) is 34.7 Å². The molecule has 0 aliphatic carbocycles. The number of fused-ring (bicyclic) bond motifs is 1. The van der Waals surface area contributed by atoms with E-state index in [1.54, 1.807) is 0 Å². The Kier molecular flexibility index (Phi) is 3.53. The number of carbonyl (C=O) groups is 1. The molecule has 5 nitrogen and oxygen atoms in total. The Morgan fingerprint density at radius 2 is 2.09 bits per heavy atom. The minimum atomic E-state index is -0.00824. The summed E-state index contributed by atoms with van der Waals surface area (Å²) in [5, 5.41) is 5.25. The van der Waals surface area contributed by atoms with E-state index < -0.39 is 0 Å². The van der Waals surface area contributed by atoms with E-state index in [4.69, 9.17) is 16.3 Å². The third kappa shape index (κ3) is 2.39. The number of rotatable bonds is 2. The van der Waals surface area contributed by atoms with Crippen molar-refractivity contribution in [2.75, 3.05) is 19.7 Å². The lowest BCUT2D eigenvalue weighted by atomic mass is 9.99. The minimum Gasteiger partial charge on any atom is -0.477 e. The molecule has 2 aliphatic rings. The van der Waals surface area contributed by atoms with Crippen LogP contribution in [0, 0.1) is 6.92 Å². The molecule has 1 aromatic carbocycles. The van der Waals surface area contributed by atoms with Crippen LogP contribution in [-0.2, 0) is 6.54 Å². The molecular formula is C17H18ClN3O2. The predicted molar refractivity (Wildman–Crippen MR) is 88.0 cm³/mol. The monoisotopic (exact) mass is 331 g/mol. The van der Waals surface area contributed by atoms with E-state index in [-0.39, 0.29) is 5.91 Å². The van der Waals surface area contributed by atoms with Crippen LogP contribution in [0.25, 0.3) is 11.1 Å². The molecule has 2 aromatic rings. The van der Waals surface area contributed by atoms with Crippen LogP contribution in [0.2, 0.25) is 5.02 Å². The lowest BCUT2D eigenvalue weighted by molar-refractivity contribution is 0.0645. The molecule has 0 radical (unpaired) electrons. The first-order valence-electron chi connectivity index (χ1n) is 7.94. The van der Waals surface area contributed by atoms with E-state index >= 15 is 0 Å². The van der Waals surface area contributed by atoms with Crippen molar-refractivity contribution in [2.45, 2.75) is 26.3 Å². The van der Waals surface area contributed by atoms with E-state index in [2.05, 4.69) is 5.10 Å². The number of hydrogen-bond acceptors (Lipinski definition) is 3. The Labute approximate surface area is 139 Å². The number of nitrogens with zero attached hydrogens (tertiary/aromatic N) is 3. The summed E-state index contributed by atoms with van der Waals surface area (Å²) in [5.41, 5.74) is 3.27. The van der Waals surface area contributed by atoms with Gasteiger partial charge in [0.25, 0.3) is 5.91 Å². The quantitative estimate of drug-likeness (QED) is 0.849. The first kappa shape index (κ1) is 14.6. The molecule has 23 heavy (non-hydrogen) atoms. The summed E-state index contributed by atoms with van der Waals surface area (Å²) in [6.45, 7) is 5.04. The molecule has 6 heteroatoms. The van der Waals surface area contributed by atoms with Crippen molar-refractivity contribution in [1.29, 1.82) is 0 Å². The zero-order chi connectivity index (χ0) is 16.0. The smallest absolute Gasteiger partial charge is 0.275 e. The average Bonchev–Trinajstić information content (AvgIpc) is 2.85. The number of aryl methyl sites for hydroxylation is 2. The van der Waals surface area contributed by atoms with Gasteiger partial charge >= 0.3 is 0 Å². The second-order valence-corrected chi connectivity index (χ2v) is 6.50. The summed E-state index contributed by atoms with van der Waals surface area (Å²) in [6, 6.07) is 5.69. The molecule has 3 heterocycles. The van der Waals surface area contributed by atoms with Crippen molar-refractivity contribution >= 4 is 17.5 Å². The van der Waals surface area contributed by atoms with E-state index in [0.29, 0.717) is 23.2 Å². The SMILES string of the molecule is Cc1cc(Cl)ccc1-c1c(C(=O)N2CCC2)nn2c1OCCC2. The van der Waals surface area contributed by atoms with Gasteiger partial charge in [0.05, 0.1) is 12.2 Å². The number of hydrogen-bond donors (Lipinski definition) is 0. The normalized spacial score (nSPS) is 16.5. The standard InChI is InChI=1S/C17H18ClN3O2/c1-11-10-12(18)4-5-13(11)14-15(16(22)20-6-2-7-20)19-21-8-3-9-23-17(14)21/h4-5,10H,2-3,6-9H2,1H3. The summed E-state index contributed by atoms with van der Waals surface area (Å²) in [5.74, 6) is 0.691. The molecule has 4 rings (SSSR count). The second kappa shape index (κ2) is 5.57. The minimum absolute atomic E-state index is 0.00824. The van der Waals surface area contributed by atoms with Gasteiger partial charge in [-0.15, -0.1) is 0 Å². The summed E-state index contributed by atoms with van der Waals surface area (Å²) in [7, 11) is 0. The highest BCUT2D eigenvalue weighted by Crippen LogP contribution is 2.38. The molecule has 0 bridgehead atoms. The zero-order valence-electron chi connectivity index (χ0n) is 13.0. The molecule has 120 valence electrons. The predicted octanol–water partition coefficient (Wildman–Crippen LogP) is 3.14. The molecule has 0 unspecified atom stereocenters. The van der Waals surface area contributed by atoms with Gasteiger partial charge in [0.1, 0.15) is 0 Å². The number of ether oxygens (including phenoxy) is 1. The maximum atomic E-state index is 12.8. The summed E-state index contributed by atoms with van der Waals surface area (Å²) in [6.07, 6.45) is 1.97. The Hall–Kier alpha value is -2.01. The van der Waals surface area contributed by atoms with Crippen molar-refractivity contribution in [2.24, 2.45) is 0 Å². The lowest BCUT2D eigenvalue weighted by Crippen LogP contribution is -2.42. The topological polar surface area (TPSA) is 47.4 Å². The maximum Gasteiger partial charge on any atom is 0.275 e. The molecular weight excluding hydrogens is 314 g/mol. The molecule has 1 saturated heterocycles. The summed E-state index contributed by atoms with van der Waals surface area (Å²) < 4.78 is 7.67. The molecule has 0 atom stereocenters. The highest BCUT2D eigenvalue weighted by atomic mass is 35.5. The van der Waals surface area contributed by atoms with Crippen LogP contribution in [0.1, 0.15) is 28.9 Å². The van der Waals surface area contributed by atoms with Crippen LogP contribution in [-0.4, -0.2) is 40.3 Å². The van der Waals surface area contributed by atoms with Crippen molar-refractivity contribution < 1.29 is 9.53 Å². The average molecular weight is 332 g/mol. The van der Waals surface area contributed by atoms with Crippen LogP contribution < -0.4 is 4.74 Å². The Morgan fingerprint density at radius 3 is 2.78 bits per heavy atom. The number of carbonyl (C=O) groups excluding carboxylic acids is 1. The van der Waals surface area contributed by atoms with Gasteiger partial charge in [-0.3, -0.25) is 4.79 Å². The van der Waals surface area contributed by atoms with E-state index in [0.717, 1.165) is 49.2 Å². The molecule has 1 fully saturated rings. The molecule has 0 spiro atoms. The maximum absolute atomic E-state index is 12.8. The first-order chi connectivity index (χ1) is 11.1. The highest BCUT2D eigenvalue weighted by molar-refractivity contribution is 6.30. The molecule has 2 aliphatic heterocycles. The lowest BCUT2D eigenvalue weighted by Gasteiger charge is -2.30. The van der Waals surface area contributed by atoms with Gasteiger partial charge in [0.2, 0.25) is 5.88 Å². The number of benzene rings is 1. The van der Waals surface area contributed by atoms with Crippen LogP contribution in [0.4, 0.5) is 0 Å². The highest BCUT2D eigenvalue weighted by Gasteiger charge is 2.32. The van der Waals surface area contributed by atoms with Gasteiger partial charge in [-0.05, 0) is 36.6 Å². The van der Waals surface area contributed by atoms with E-state index in [9.17, 15) is 4.79 Å².